The van der Waals surface area contributed by atoms with Gasteiger partial charge in [0.15, 0.2) is 5.69 Å². The van der Waals surface area contributed by atoms with Crippen molar-refractivity contribution in [2.45, 2.75) is 38.5 Å². The number of carbonyl (C=O) groups excluding carboxylic acids is 1. The van der Waals surface area contributed by atoms with Gasteiger partial charge in [0, 0.05) is 50.7 Å². The van der Waals surface area contributed by atoms with Crippen LogP contribution in [0.25, 0.3) is 0 Å². The number of fused-ring (bicyclic) bond motifs is 1. The van der Waals surface area contributed by atoms with Crippen molar-refractivity contribution in [3.05, 3.63) is 47.6 Å². The molecule has 0 radical (unpaired) electrons. The van der Waals surface area contributed by atoms with Gasteiger partial charge in [0.05, 0.1) is 12.7 Å². The maximum atomic E-state index is 12.7. The van der Waals surface area contributed by atoms with Crippen LogP contribution >= 0.6 is 0 Å². The van der Waals surface area contributed by atoms with Crippen molar-refractivity contribution in [3.63, 3.8) is 0 Å². The number of carbonyl (C=O) groups is 1. The van der Waals surface area contributed by atoms with Crippen LogP contribution in [0, 0.1) is 6.92 Å². The van der Waals surface area contributed by atoms with E-state index >= 15 is 0 Å². The second-order valence-electron chi connectivity index (χ2n) is 7.00. The molecule has 0 N–H and O–H groups in total. The summed E-state index contributed by atoms with van der Waals surface area (Å²) in [6.45, 7) is 5.70. The molecule has 2 atom stereocenters. The molecule has 7 heteroatoms. The Morgan fingerprint density at radius 1 is 1.31 bits per heavy atom. The Morgan fingerprint density at radius 3 is 2.96 bits per heavy atom. The number of morpholine rings is 1. The summed E-state index contributed by atoms with van der Waals surface area (Å²) in [4.78, 5) is 21.2. The van der Waals surface area contributed by atoms with Crippen LogP contribution in [0.5, 0.6) is 0 Å². The minimum absolute atomic E-state index is 0.0562. The van der Waals surface area contributed by atoms with E-state index in [1.165, 1.54) is 5.56 Å². The third-order valence-corrected chi connectivity index (χ3v) is 5.23. The van der Waals surface area contributed by atoms with Gasteiger partial charge in [-0.15, -0.1) is 0 Å². The number of rotatable bonds is 3. The lowest BCUT2D eigenvalue weighted by Crippen LogP contribution is -2.50. The van der Waals surface area contributed by atoms with Crippen molar-refractivity contribution in [3.8, 4) is 0 Å². The van der Waals surface area contributed by atoms with Gasteiger partial charge in [-0.1, -0.05) is 11.2 Å². The lowest BCUT2D eigenvalue weighted by Gasteiger charge is -2.40. The Balaban J connectivity index is 1.44. The van der Waals surface area contributed by atoms with Crippen LogP contribution in [0.4, 0.5) is 0 Å². The number of aromatic nitrogens is 2. The zero-order chi connectivity index (χ0) is 17.9. The highest BCUT2D eigenvalue weighted by Gasteiger charge is 2.36. The fraction of sp³-hybridized carbons (Fsp3) is 0.526. The molecule has 2 aromatic heterocycles. The molecule has 7 nitrogen and oxygen atoms in total. The molecule has 1 amide bonds. The number of likely N-dealkylation sites (tertiary alicyclic amines) is 1. The van der Waals surface area contributed by atoms with Crippen molar-refractivity contribution in [1.82, 2.24) is 19.9 Å². The fourth-order valence-corrected chi connectivity index (χ4v) is 3.92. The van der Waals surface area contributed by atoms with E-state index in [1.54, 1.807) is 19.2 Å². The average Bonchev–Trinajstić information content (AvgIpc) is 2.97. The zero-order valence-electron chi connectivity index (χ0n) is 15.0. The number of hydrogen-bond acceptors (Lipinski definition) is 6. The number of amides is 1. The summed E-state index contributed by atoms with van der Waals surface area (Å²) in [5.74, 6) is 0.599. The fourth-order valence-electron chi connectivity index (χ4n) is 3.92. The molecular weight excluding hydrogens is 332 g/mol. The van der Waals surface area contributed by atoms with Crippen molar-refractivity contribution in [2.75, 3.05) is 26.2 Å². The SMILES string of the molecule is Cc1cc(C(=O)N2CC[C@@H]3OCCN(Cc4cccnc4)[C@H]3CC2)no1. The van der Waals surface area contributed by atoms with E-state index < -0.39 is 0 Å². The molecule has 0 aliphatic carbocycles. The number of ether oxygens (including phenoxy) is 1. The van der Waals surface area contributed by atoms with E-state index in [0.717, 1.165) is 32.5 Å². The van der Waals surface area contributed by atoms with Gasteiger partial charge in [0.1, 0.15) is 5.76 Å². The van der Waals surface area contributed by atoms with E-state index in [4.69, 9.17) is 9.26 Å². The summed E-state index contributed by atoms with van der Waals surface area (Å²) in [5, 5.41) is 3.87. The highest BCUT2D eigenvalue weighted by Crippen LogP contribution is 2.26. The van der Waals surface area contributed by atoms with Gasteiger partial charge < -0.3 is 14.2 Å². The normalized spacial score (nSPS) is 24.1. The Morgan fingerprint density at radius 2 is 2.19 bits per heavy atom. The largest absolute Gasteiger partial charge is 0.375 e. The maximum absolute atomic E-state index is 12.7. The van der Waals surface area contributed by atoms with Crippen molar-refractivity contribution >= 4 is 5.91 Å². The molecule has 2 fully saturated rings. The molecule has 2 aliphatic heterocycles. The summed E-state index contributed by atoms with van der Waals surface area (Å²) in [6.07, 6.45) is 5.62. The Kier molecular flexibility index (Phi) is 4.99. The van der Waals surface area contributed by atoms with Crippen LogP contribution in [-0.4, -0.2) is 64.2 Å². The van der Waals surface area contributed by atoms with Gasteiger partial charge >= 0.3 is 0 Å². The van der Waals surface area contributed by atoms with E-state index in [1.807, 2.05) is 17.2 Å². The van der Waals surface area contributed by atoms with E-state index in [0.29, 0.717) is 30.6 Å². The molecule has 0 aromatic carbocycles. The van der Waals surface area contributed by atoms with Crippen molar-refractivity contribution < 1.29 is 14.1 Å². The van der Waals surface area contributed by atoms with Crippen molar-refractivity contribution in [2.24, 2.45) is 0 Å². The Bertz CT molecular complexity index is 748. The number of hydrogen-bond donors (Lipinski definition) is 0. The van der Waals surface area contributed by atoms with E-state index in [9.17, 15) is 4.79 Å². The average molecular weight is 356 g/mol. The van der Waals surface area contributed by atoms with E-state index in [2.05, 4.69) is 21.1 Å². The Hall–Kier alpha value is -2.25. The molecule has 0 spiro atoms. The van der Waals surface area contributed by atoms with Crippen LogP contribution in [0.3, 0.4) is 0 Å². The third-order valence-electron chi connectivity index (χ3n) is 5.23. The molecule has 0 saturated carbocycles. The first kappa shape index (κ1) is 17.2. The van der Waals surface area contributed by atoms with Crippen LogP contribution in [-0.2, 0) is 11.3 Å². The van der Waals surface area contributed by atoms with Crippen LogP contribution < -0.4 is 0 Å². The van der Waals surface area contributed by atoms with Gasteiger partial charge in [-0.3, -0.25) is 14.7 Å². The molecule has 2 aliphatic rings. The summed E-state index contributed by atoms with van der Waals surface area (Å²) in [5.41, 5.74) is 1.60. The van der Waals surface area contributed by atoms with Crippen molar-refractivity contribution in [1.29, 1.82) is 0 Å². The standard InChI is InChI=1S/C19H24N4O3/c1-14-11-16(21-26-14)19(24)22-7-4-17-18(5-8-22)25-10-9-23(17)13-15-3-2-6-20-12-15/h2-3,6,11-12,17-18H,4-5,7-10,13H2,1H3/t17-,18-/m0/s1. The molecule has 4 heterocycles. The Labute approximate surface area is 152 Å². The zero-order valence-corrected chi connectivity index (χ0v) is 15.0. The molecule has 26 heavy (non-hydrogen) atoms. The predicted octanol–water partition coefficient (Wildman–Crippen LogP) is 1.88. The molecule has 0 bridgehead atoms. The van der Waals surface area contributed by atoms with Crippen LogP contribution in [0.1, 0.15) is 34.7 Å². The summed E-state index contributed by atoms with van der Waals surface area (Å²) in [6, 6.07) is 6.10. The van der Waals surface area contributed by atoms with Crippen LogP contribution in [0.2, 0.25) is 0 Å². The monoisotopic (exact) mass is 356 g/mol. The summed E-state index contributed by atoms with van der Waals surface area (Å²) < 4.78 is 11.1. The number of aryl methyl sites for hydroxylation is 1. The third kappa shape index (κ3) is 3.64. The van der Waals surface area contributed by atoms with E-state index in [-0.39, 0.29) is 12.0 Å². The molecule has 138 valence electrons. The van der Waals surface area contributed by atoms with Gasteiger partial charge in [-0.2, -0.15) is 0 Å². The van der Waals surface area contributed by atoms with Gasteiger partial charge in [-0.05, 0) is 31.4 Å². The molecule has 4 rings (SSSR count). The van der Waals surface area contributed by atoms with Gasteiger partial charge in [0.25, 0.3) is 5.91 Å². The minimum Gasteiger partial charge on any atom is -0.375 e. The second-order valence-corrected chi connectivity index (χ2v) is 7.00. The highest BCUT2D eigenvalue weighted by atomic mass is 16.5. The molecule has 2 saturated heterocycles. The first-order valence-corrected chi connectivity index (χ1v) is 9.18. The van der Waals surface area contributed by atoms with Gasteiger partial charge in [0.2, 0.25) is 0 Å². The highest BCUT2D eigenvalue weighted by molar-refractivity contribution is 5.92. The number of nitrogens with zero attached hydrogens (tertiary/aromatic N) is 4. The lowest BCUT2D eigenvalue weighted by molar-refractivity contribution is -0.0746. The van der Waals surface area contributed by atoms with Gasteiger partial charge in [-0.25, -0.2) is 0 Å². The predicted molar refractivity (Wildman–Crippen MR) is 94.6 cm³/mol. The second kappa shape index (κ2) is 7.55. The smallest absolute Gasteiger partial charge is 0.276 e. The minimum atomic E-state index is -0.0562. The first-order valence-electron chi connectivity index (χ1n) is 9.18. The lowest BCUT2D eigenvalue weighted by atomic mass is 10.0. The first-order chi connectivity index (χ1) is 12.7. The number of pyridine rings is 1. The summed E-state index contributed by atoms with van der Waals surface area (Å²) >= 11 is 0. The topological polar surface area (TPSA) is 71.7 Å². The summed E-state index contributed by atoms with van der Waals surface area (Å²) in [7, 11) is 0. The molecule has 0 unspecified atom stereocenters. The quantitative estimate of drug-likeness (QED) is 0.836. The van der Waals surface area contributed by atoms with Crippen LogP contribution in [0.15, 0.2) is 35.1 Å². The molecular formula is C19H24N4O3. The maximum Gasteiger partial charge on any atom is 0.276 e. The molecule has 2 aromatic rings.